The maximum Gasteiger partial charge on any atom is 0.331 e. The molecule has 5 atom stereocenters. The summed E-state index contributed by atoms with van der Waals surface area (Å²) in [5.41, 5.74) is 1.26. The molecule has 1 fully saturated rings. The highest BCUT2D eigenvalue weighted by atomic mass is 16.6. The van der Waals surface area contributed by atoms with Gasteiger partial charge in [-0.3, -0.25) is 0 Å². The molecule has 0 unspecified atom stereocenters. The molecule has 0 amide bonds. The highest BCUT2D eigenvalue weighted by Gasteiger charge is 2.40. The molecule has 1 heterocycles. The van der Waals surface area contributed by atoms with Gasteiger partial charge < -0.3 is 42.6 Å². The zero-order chi connectivity index (χ0) is 37.6. The molecule has 0 N–H and O–H groups in total. The van der Waals surface area contributed by atoms with Crippen LogP contribution in [0.15, 0.2) is 60.7 Å². The van der Waals surface area contributed by atoms with E-state index >= 15 is 0 Å². The molecule has 0 saturated heterocycles. The molecule has 0 spiro atoms. The van der Waals surface area contributed by atoms with Gasteiger partial charge in [-0.25, -0.2) is 14.4 Å². The van der Waals surface area contributed by atoms with Crippen LogP contribution in [0.1, 0.15) is 50.2 Å². The molecule has 1 aliphatic carbocycles. The quantitative estimate of drug-likeness (QED) is 0.102. The highest BCUT2D eigenvalue weighted by Crippen LogP contribution is 2.41. The van der Waals surface area contributed by atoms with E-state index in [1.54, 1.807) is 42.5 Å². The van der Waals surface area contributed by atoms with Crippen molar-refractivity contribution in [3.63, 3.8) is 0 Å². The predicted molar refractivity (Wildman–Crippen MR) is 194 cm³/mol. The van der Waals surface area contributed by atoms with Crippen molar-refractivity contribution in [1.82, 2.24) is 0 Å². The van der Waals surface area contributed by atoms with Crippen LogP contribution in [-0.2, 0) is 28.6 Å². The number of hydrogen-bond donors (Lipinski definition) is 0. The van der Waals surface area contributed by atoms with Crippen molar-refractivity contribution in [3.8, 4) is 34.5 Å². The molecular formula is C40H48O12. The first kappa shape index (κ1) is 39.4. The number of carbonyl (C=O) groups is 3. The molecule has 2 aromatic rings. The Morgan fingerprint density at radius 2 is 1.23 bits per heavy atom. The lowest BCUT2D eigenvalue weighted by molar-refractivity contribution is -0.146. The molecular weight excluding hydrogens is 672 g/mol. The Hall–Kier alpha value is -5.39. The molecule has 52 heavy (non-hydrogen) atoms. The predicted octanol–water partition coefficient (Wildman–Crippen LogP) is 6.54. The first-order valence-electron chi connectivity index (χ1n) is 17.1. The zero-order valence-electron chi connectivity index (χ0n) is 30.7. The van der Waals surface area contributed by atoms with Crippen molar-refractivity contribution in [2.24, 2.45) is 11.8 Å². The van der Waals surface area contributed by atoms with Gasteiger partial charge >= 0.3 is 17.9 Å². The standard InChI is InChI=1S/C40H48O12/c1-25-11-9-8-10-12-28-23-29(51-37(42)16-13-26-19-32(44-2)39(48-6)33(20-26)45-3)24-30(28)31(15-18-36(41)50-25)52-38(43)17-14-27-21-34(46-4)40(49-7)35(22-27)47-5/h10,12-22,25,28-31H,8-9,11,23-24H2,1-7H3/b12-10+,16-13+,17-14+,18-15+/t25-,28+,29-,30+,31+/m0/s1. The minimum absolute atomic E-state index is 0.104. The summed E-state index contributed by atoms with van der Waals surface area (Å²) in [5.74, 6) is 0.534. The SMILES string of the molecule is COc1cc(/C=C/C(=O)O[C@@H]2C[C@@H]3[C@H](/C=C/CCC[C@H](C)OC(=O)/C=C/[C@H]3OC(=O)/C=C/c3cc(OC)c(OC)c(OC)c3)C2)cc(OC)c1OC. The summed E-state index contributed by atoms with van der Waals surface area (Å²) < 4.78 is 49.9. The average molecular weight is 721 g/mol. The van der Waals surface area contributed by atoms with Gasteiger partial charge in [-0.1, -0.05) is 12.2 Å². The average Bonchev–Trinajstić information content (AvgIpc) is 3.54. The summed E-state index contributed by atoms with van der Waals surface area (Å²) in [6, 6.07) is 6.85. The molecule has 4 rings (SSSR count). The molecule has 0 bridgehead atoms. The minimum atomic E-state index is -0.825. The number of fused-ring (bicyclic) bond motifs is 1. The van der Waals surface area contributed by atoms with Crippen LogP contribution in [0.25, 0.3) is 12.2 Å². The lowest BCUT2D eigenvalue weighted by Crippen LogP contribution is -2.27. The van der Waals surface area contributed by atoms with Crippen molar-refractivity contribution in [1.29, 1.82) is 0 Å². The zero-order valence-corrected chi connectivity index (χ0v) is 30.7. The normalized spacial score (nSPS) is 23.2. The second-order valence-corrected chi connectivity index (χ2v) is 12.3. The summed E-state index contributed by atoms with van der Waals surface area (Å²) >= 11 is 0. The van der Waals surface area contributed by atoms with Gasteiger partial charge in [0.25, 0.3) is 0 Å². The van der Waals surface area contributed by atoms with Crippen molar-refractivity contribution < 1.29 is 57.0 Å². The number of rotatable bonds is 12. The number of ether oxygens (including phenoxy) is 9. The number of cyclic esters (lactones) is 1. The smallest absolute Gasteiger partial charge is 0.331 e. The fourth-order valence-electron chi connectivity index (χ4n) is 6.38. The van der Waals surface area contributed by atoms with Gasteiger partial charge in [0, 0.05) is 24.1 Å². The Morgan fingerprint density at radius 1 is 0.712 bits per heavy atom. The molecule has 12 nitrogen and oxygen atoms in total. The third kappa shape index (κ3) is 10.6. The van der Waals surface area contributed by atoms with E-state index in [1.165, 1.54) is 60.9 Å². The van der Waals surface area contributed by atoms with E-state index in [4.69, 9.17) is 42.6 Å². The highest BCUT2D eigenvalue weighted by molar-refractivity contribution is 5.88. The van der Waals surface area contributed by atoms with Gasteiger partial charge in [-0.2, -0.15) is 0 Å². The van der Waals surface area contributed by atoms with Crippen LogP contribution >= 0.6 is 0 Å². The molecule has 0 aromatic heterocycles. The van der Waals surface area contributed by atoms with E-state index in [1.807, 2.05) is 6.92 Å². The molecule has 0 radical (unpaired) electrons. The summed E-state index contributed by atoms with van der Waals surface area (Å²) in [5, 5.41) is 0. The molecule has 2 aromatic carbocycles. The molecule has 12 heteroatoms. The number of allylic oxidation sites excluding steroid dienone is 2. The molecule has 2 aliphatic rings. The van der Waals surface area contributed by atoms with E-state index in [-0.39, 0.29) is 17.9 Å². The van der Waals surface area contributed by atoms with Gasteiger partial charge in [-0.15, -0.1) is 0 Å². The monoisotopic (exact) mass is 720 g/mol. The number of carbonyl (C=O) groups excluding carboxylic acids is 3. The number of methoxy groups -OCH3 is 6. The van der Waals surface area contributed by atoms with Gasteiger partial charge in [0.1, 0.15) is 12.2 Å². The summed E-state index contributed by atoms with van der Waals surface area (Å²) in [6.45, 7) is 1.85. The van der Waals surface area contributed by atoms with Crippen LogP contribution in [0, 0.1) is 11.8 Å². The molecule has 1 saturated carbocycles. The fourth-order valence-corrected chi connectivity index (χ4v) is 6.38. The van der Waals surface area contributed by atoms with Crippen LogP contribution in [0.3, 0.4) is 0 Å². The first-order chi connectivity index (χ1) is 25.1. The van der Waals surface area contributed by atoms with E-state index in [0.717, 1.165) is 12.8 Å². The fraction of sp³-hybridized carbons (Fsp3) is 0.425. The second-order valence-electron chi connectivity index (χ2n) is 12.3. The minimum Gasteiger partial charge on any atom is -0.493 e. The Balaban J connectivity index is 1.55. The second kappa shape index (κ2) is 19.3. The first-order valence-corrected chi connectivity index (χ1v) is 17.1. The van der Waals surface area contributed by atoms with Crippen LogP contribution in [-0.4, -0.2) is 78.9 Å². The van der Waals surface area contributed by atoms with Crippen molar-refractivity contribution in [2.75, 3.05) is 42.7 Å². The summed E-state index contributed by atoms with van der Waals surface area (Å²) in [4.78, 5) is 39.1. The summed E-state index contributed by atoms with van der Waals surface area (Å²) in [6.07, 6.45) is 14.5. The lowest BCUT2D eigenvalue weighted by Gasteiger charge is -2.24. The Labute approximate surface area is 304 Å². The topological polar surface area (TPSA) is 134 Å². The number of benzene rings is 2. The van der Waals surface area contributed by atoms with Crippen LogP contribution in [0.4, 0.5) is 0 Å². The van der Waals surface area contributed by atoms with Gasteiger partial charge in [0.2, 0.25) is 11.5 Å². The molecule has 1 aliphatic heterocycles. The van der Waals surface area contributed by atoms with E-state index in [2.05, 4.69) is 12.2 Å². The van der Waals surface area contributed by atoms with Crippen molar-refractivity contribution >= 4 is 30.1 Å². The van der Waals surface area contributed by atoms with Crippen molar-refractivity contribution in [3.05, 3.63) is 71.8 Å². The summed E-state index contributed by atoms with van der Waals surface area (Å²) in [7, 11) is 9.07. The van der Waals surface area contributed by atoms with Crippen LogP contribution < -0.4 is 28.4 Å². The Morgan fingerprint density at radius 3 is 1.73 bits per heavy atom. The lowest BCUT2D eigenvalue weighted by atomic mass is 9.89. The molecule has 280 valence electrons. The van der Waals surface area contributed by atoms with E-state index in [9.17, 15) is 14.4 Å². The third-order valence-corrected chi connectivity index (χ3v) is 8.88. The van der Waals surface area contributed by atoms with Gasteiger partial charge in [-0.05, 0) is 98.6 Å². The van der Waals surface area contributed by atoms with E-state index in [0.29, 0.717) is 64.9 Å². The Bertz CT molecular complexity index is 1620. The number of hydrogen-bond acceptors (Lipinski definition) is 12. The van der Waals surface area contributed by atoms with Crippen LogP contribution in [0.5, 0.6) is 34.5 Å². The van der Waals surface area contributed by atoms with E-state index < -0.39 is 30.1 Å². The maximum atomic E-state index is 13.3. The Kier molecular flexibility index (Phi) is 14.6. The third-order valence-electron chi connectivity index (χ3n) is 8.88. The van der Waals surface area contributed by atoms with Gasteiger partial charge in [0.05, 0.1) is 48.8 Å². The van der Waals surface area contributed by atoms with Gasteiger partial charge in [0.15, 0.2) is 23.0 Å². The van der Waals surface area contributed by atoms with Crippen LogP contribution in [0.2, 0.25) is 0 Å². The maximum absolute atomic E-state index is 13.3. The number of esters is 3. The largest absolute Gasteiger partial charge is 0.493 e. The van der Waals surface area contributed by atoms with Crippen molar-refractivity contribution in [2.45, 2.75) is 57.3 Å².